The molecule has 0 saturated carbocycles. The number of unbranched alkanes of at least 4 members (excludes halogenated alkanes) is 12. The molecule has 0 rings (SSSR count). The van der Waals surface area contributed by atoms with E-state index in [-0.39, 0.29) is 293 Å². The van der Waals surface area contributed by atoms with E-state index >= 15 is 0 Å². The molecule has 0 atom stereocenters. The third kappa shape index (κ3) is 2480. The Balaban J connectivity index is -0.00000000352. The van der Waals surface area contributed by atoms with Gasteiger partial charge in [0.05, 0.1) is 0 Å². The minimum atomic E-state index is 0. The van der Waals surface area contributed by atoms with E-state index in [0.29, 0.717) is 0 Å². The van der Waals surface area contributed by atoms with E-state index in [1.54, 1.807) is 0 Å². The summed E-state index contributed by atoms with van der Waals surface area (Å²) in [6, 6.07) is 0. The summed E-state index contributed by atoms with van der Waals surface area (Å²) in [7, 11) is 0. The molecule has 0 heterocycles. The Labute approximate surface area is 651 Å². The van der Waals surface area contributed by atoms with Crippen LogP contribution in [-0.4, -0.2) is 0 Å². The number of hydrogen-bond acceptors (Lipinski definition) is 0. The van der Waals surface area contributed by atoms with Gasteiger partial charge >= 0.3 is 126 Å². The van der Waals surface area contributed by atoms with Gasteiger partial charge in [-0.25, -0.2) is 0 Å². The smallest absolute Gasteiger partial charge is 0.693 e. The van der Waals surface area contributed by atoms with Crippen molar-refractivity contribution >= 4 is 0 Å². The van der Waals surface area contributed by atoms with E-state index in [4.69, 9.17) is 0 Å². The van der Waals surface area contributed by atoms with Gasteiger partial charge in [-0.2, -0.15) is 77.0 Å². The van der Waals surface area contributed by atoms with Crippen LogP contribution in [0.5, 0.6) is 0 Å². The molecule has 9 nitrogen and oxygen atoms in total. The fraction of sp³-hybridized carbons (Fsp3) is 0.783. The molecule has 588 valence electrons. The second-order valence-electron chi connectivity index (χ2n) is 6.63. The summed E-state index contributed by atoms with van der Waals surface area (Å²) in [4.78, 5) is 0. The van der Waals surface area contributed by atoms with Crippen molar-refractivity contribution in [2.24, 2.45) is 0 Å². The van der Waals surface area contributed by atoms with Gasteiger partial charge in [0.1, 0.15) is 0 Å². The van der Waals surface area contributed by atoms with Crippen LogP contribution in [0.25, 0.3) is 55.4 Å². The second kappa shape index (κ2) is 1350. The minimum absolute atomic E-state index is 0. The van der Waals surface area contributed by atoms with Crippen molar-refractivity contribution in [2.75, 3.05) is 0 Å². The zero-order valence-corrected chi connectivity index (χ0v) is 77.7. The number of hydrogen-bond donors (Lipinski definition) is 0. The zero-order valence-electron chi connectivity index (χ0n) is 64.0. The van der Waals surface area contributed by atoms with Crippen molar-refractivity contribution in [2.45, 2.75) is 371 Å². The number of rotatable bonds is 12. The first-order valence-electron chi connectivity index (χ1n) is 25.4. The van der Waals surface area contributed by atoms with Crippen molar-refractivity contribution in [1.82, 2.24) is 0 Å². The third-order valence-electron chi connectivity index (χ3n) is 3.46. The molecule has 18 N–H and O–H groups in total. The van der Waals surface area contributed by atoms with Crippen molar-refractivity contribution in [3.63, 3.8) is 0 Å². The first kappa shape index (κ1) is 418. The monoisotopic (exact) mass is 2330 g/mol. The van der Waals surface area contributed by atoms with E-state index in [9.17, 15) is 0 Å². The van der Waals surface area contributed by atoms with Gasteiger partial charge in [-0.15, -0.1) is 0 Å². The Hall–Kier alpha value is 3.77. The van der Waals surface area contributed by atoms with Crippen molar-refractivity contribution in [1.29, 1.82) is 0 Å². The second-order valence-corrected chi connectivity index (χ2v) is 6.63. The van der Waals surface area contributed by atoms with E-state index < -0.39 is 0 Å². The van der Waals surface area contributed by atoms with Crippen LogP contribution in [0.1, 0.15) is 371 Å². The molecule has 0 unspecified atom stereocenters. The molecule has 0 aromatic rings. The summed E-state index contributed by atoms with van der Waals surface area (Å²) in [6.07, 6.45) is 28.1. The van der Waals surface area contributed by atoms with Gasteiger partial charge in [-0.05, 0) is 0 Å². The Kier molecular flexibility index (Phi) is 6700. The van der Waals surface area contributed by atoms with E-state index in [0.717, 1.165) is 0 Å². The summed E-state index contributed by atoms with van der Waals surface area (Å²) >= 11 is 0. The molecule has 0 aromatic heterocycles. The van der Waals surface area contributed by atoms with Gasteiger partial charge in [-0.3, -0.25) is 0 Å². The maximum absolute atomic E-state index is 2.25. The predicted octanol–water partition coefficient (Wildman–Crippen LogP) is 38.7. The van der Waals surface area contributed by atoms with Gasteiger partial charge in [0.25, 0.3) is 0 Å². The van der Waals surface area contributed by atoms with Crippen molar-refractivity contribution in [3.05, 3.63) is 161 Å². The molecule has 0 aliphatic carbocycles. The Morgan fingerprint density at radius 2 is 0.155 bits per heavy atom. The molecule has 0 aliphatic rings. The Morgan fingerprint density at radius 3 is 0.155 bits per heavy atom. The van der Waals surface area contributed by atoms with Crippen molar-refractivity contribution < 1.29 is 126 Å². The molecular formula is C69H207N9Pt6. The van der Waals surface area contributed by atoms with Crippen LogP contribution in [0.4, 0.5) is 0 Å². The van der Waals surface area contributed by atoms with Crippen LogP contribution < -0.4 is 0 Å². The molecular weight excluding hydrogens is 2130 g/mol. The topological polar surface area (TPSA) is 302 Å². The molecule has 0 amide bonds. The van der Waals surface area contributed by atoms with Crippen molar-refractivity contribution in [3.8, 4) is 0 Å². The van der Waals surface area contributed by atoms with Gasteiger partial charge in [0.2, 0.25) is 0 Å². The average Bonchev–Trinajstić information content (AvgIpc) is 3.29. The molecule has 84 heavy (non-hydrogen) atoms. The molecule has 0 fully saturated rings. The van der Waals surface area contributed by atoms with E-state index in [1.165, 1.54) is 77.0 Å². The molecule has 0 spiro atoms. The normalized spacial score (nSPS) is 3.86. The van der Waals surface area contributed by atoms with Crippen LogP contribution in [0.15, 0.2) is 0 Å². The van der Waals surface area contributed by atoms with Gasteiger partial charge in [0.15, 0.2) is 0 Å². The summed E-state index contributed by atoms with van der Waals surface area (Å²) in [5.41, 5.74) is 0. The number of nitrogens with two attached hydrogens (primary N) is 9. The molecule has 0 saturated heterocycles. The average molecular weight is 2330 g/mol. The van der Waals surface area contributed by atoms with Gasteiger partial charge < -0.3 is 161 Å². The third-order valence-corrected chi connectivity index (χ3v) is 3.46. The zero-order chi connectivity index (χ0) is 48.7. The molecule has 0 aliphatic heterocycles. The van der Waals surface area contributed by atoms with Gasteiger partial charge in [0, 0.05) is 0 Å². The maximum Gasteiger partial charge on any atom is 4.00 e. The molecule has 0 bridgehead atoms. The summed E-state index contributed by atoms with van der Waals surface area (Å²) in [5.74, 6) is 0. The van der Waals surface area contributed by atoms with Crippen LogP contribution in [-0.2, 0) is 126 Å². The standard InChI is InChI=1S/6C5H11.12C2H6.6CH4.9CH3.9H2N.6Pt/c6*1-3-5-4-2;12*1-2;;;;;;;;;;;;;;;;;;;;;;;;;;;;;;/h6*5H,3-4H2,1-2H3;12*1-2H3;6*1H4;9*1H3;9*1H2;;;;;;/q6*-1;;;;;;;;;;;;;;;;;;;18*-1;6*+4. The predicted molar refractivity (Wildman–Crippen MR) is 431 cm³/mol. The minimum Gasteiger partial charge on any atom is -0.693 e. The Morgan fingerprint density at radius 1 is 0.131 bits per heavy atom. The van der Waals surface area contributed by atoms with E-state index in [1.807, 2.05) is 166 Å². The van der Waals surface area contributed by atoms with Gasteiger partial charge in [-0.1, -0.05) is 294 Å². The van der Waals surface area contributed by atoms with Crippen LogP contribution in [0.3, 0.4) is 0 Å². The summed E-state index contributed by atoms with van der Waals surface area (Å²) < 4.78 is 0. The summed E-state index contributed by atoms with van der Waals surface area (Å²) in [5, 5.41) is 0. The Bertz CT molecular complexity index is 163. The van der Waals surface area contributed by atoms with Crippen LogP contribution in [0.2, 0.25) is 0 Å². The molecule has 0 aromatic carbocycles. The fourth-order valence-electron chi connectivity index (χ4n) is 1.73. The molecule has 15 heteroatoms. The molecule has 0 radical (unpaired) electrons. The SMILES string of the molecule is C.C.C.C.C.C.CC.CC.CC.CC.CC.CC.CC.CC.CC.CC.CC.CC.CC[CH-]CC.CC[CH-]CC.CC[CH-]CC.CC[CH-]CC.CC[CH-]CC.CC[CH-]CC.[CH3-].[CH3-].[CH3-].[CH3-].[CH3-].[CH3-].[CH3-].[CH3-].[CH3-].[NH2-].[NH2-].[NH2-].[NH2-].[NH2-].[NH2-].[NH2-].[NH2-].[NH2-].[Pt+4].[Pt+4].[Pt+4].[Pt+4].[Pt+4].[Pt+4]. The first-order valence-corrected chi connectivity index (χ1v) is 25.4. The quantitative estimate of drug-likeness (QED) is 0.165. The first-order chi connectivity index (χ1) is 26.5. The largest absolute Gasteiger partial charge is 4.00 e. The fourth-order valence-corrected chi connectivity index (χ4v) is 1.73. The van der Waals surface area contributed by atoms with Crippen LogP contribution >= 0.6 is 0 Å². The van der Waals surface area contributed by atoms with E-state index in [2.05, 4.69) is 122 Å². The maximum atomic E-state index is 2.25. The summed E-state index contributed by atoms with van der Waals surface area (Å²) in [6.45, 7) is 73.9. The van der Waals surface area contributed by atoms with Crippen LogP contribution in [0, 0.1) is 105 Å².